The van der Waals surface area contributed by atoms with Crippen molar-refractivity contribution in [3.8, 4) is 0 Å². The van der Waals surface area contributed by atoms with Crippen LogP contribution < -0.4 is 9.62 Å². The number of likely N-dealkylation sites (N-methyl/N-ethyl adjacent to an activating group) is 1. The Bertz CT molecular complexity index is 1440. The molecule has 39 heavy (non-hydrogen) atoms. The van der Waals surface area contributed by atoms with E-state index in [1.165, 1.54) is 17.0 Å². The molecule has 3 rings (SSSR count). The second-order valence-electron chi connectivity index (χ2n) is 9.04. The first-order valence-electron chi connectivity index (χ1n) is 12.2. The van der Waals surface area contributed by atoms with Crippen molar-refractivity contribution in [2.45, 2.75) is 32.9 Å². The smallest absolute Gasteiger partial charge is 0.244 e. The number of rotatable bonds is 11. The van der Waals surface area contributed by atoms with E-state index in [2.05, 4.69) is 5.32 Å². The minimum atomic E-state index is -4.00. The fraction of sp³-hybridized carbons (Fsp3) is 0.286. The summed E-state index contributed by atoms with van der Waals surface area (Å²) in [6.45, 7) is 3.56. The zero-order chi connectivity index (χ0) is 28.7. The van der Waals surface area contributed by atoms with Crippen molar-refractivity contribution in [1.29, 1.82) is 0 Å². The number of aryl methyl sites for hydroxylation is 1. The van der Waals surface area contributed by atoms with Crippen LogP contribution in [0, 0.1) is 6.92 Å². The van der Waals surface area contributed by atoms with Crippen LogP contribution in [-0.4, -0.2) is 50.5 Å². The zero-order valence-electron chi connectivity index (χ0n) is 21.8. The molecule has 2 amide bonds. The summed E-state index contributed by atoms with van der Waals surface area (Å²) in [7, 11) is -4.00. The molecule has 0 bridgehead atoms. The second-order valence-corrected chi connectivity index (χ2v) is 12.2. The van der Waals surface area contributed by atoms with Gasteiger partial charge in [-0.25, -0.2) is 8.42 Å². The van der Waals surface area contributed by atoms with Gasteiger partial charge in [0.05, 0.1) is 27.0 Å². The molecule has 0 heterocycles. The topological polar surface area (TPSA) is 86.8 Å². The van der Waals surface area contributed by atoms with Crippen LogP contribution >= 0.6 is 34.8 Å². The van der Waals surface area contributed by atoms with Gasteiger partial charge in [0.15, 0.2) is 0 Å². The molecule has 1 unspecified atom stereocenters. The number of carbonyl (C=O) groups is 2. The van der Waals surface area contributed by atoms with Gasteiger partial charge in [0.1, 0.15) is 12.6 Å². The van der Waals surface area contributed by atoms with Crippen LogP contribution in [0.1, 0.15) is 23.6 Å². The van der Waals surface area contributed by atoms with Crippen molar-refractivity contribution in [2.75, 3.05) is 23.7 Å². The number of carbonyl (C=O) groups excluding carboxylic acids is 2. The van der Waals surface area contributed by atoms with Crippen molar-refractivity contribution in [3.63, 3.8) is 0 Å². The highest BCUT2D eigenvalue weighted by Crippen LogP contribution is 2.35. The standard InChI is InChI=1S/C28H30Cl3N3O4S/c1-4-32-28(36)26(14-20-11-6-5-7-12-20)33(17-21-13-9-8-10-19(21)2)27(35)18-34(39(3,37)38)25-16-23(30)22(29)15-24(25)31/h5-13,15-16,26H,4,14,17-18H2,1-3H3,(H,32,36). The molecule has 0 saturated heterocycles. The summed E-state index contributed by atoms with van der Waals surface area (Å²) in [5, 5.41) is 3.06. The zero-order valence-corrected chi connectivity index (χ0v) is 24.9. The third kappa shape index (κ3) is 8.11. The Balaban J connectivity index is 2.09. The monoisotopic (exact) mass is 609 g/mol. The molecule has 0 radical (unpaired) electrons. The summed E-state index contributed by atoms with van der Waals surface area (Å²) >= 11 is 18.5. The molecule has 7 nitrogen and oxygen atoms in total. The predicted molar refractivity (Wildman–Crippen MR) is 158 cm³/mol. The Morgan fingerprint density at radius 3 is 2.15 bits per heavy atom. The molecule has 0 aromatic heterocycles. The minimum Gasteiger partial charge on any atom is -0.355 e. The third-order valence-electron chi connectivity index (χ3n) is 6.16. The number of hydrogen-bond acceptors (Lipinski definition) is 4. The molecule has 0 saturated carbocycles. The quantitative estimate of drug-likeness (QED) is 0.291. The Morgan fingerprint density at radius 1 is 0.923 bits per heavy atom. The van der Waals surface area contributed by atoms with Gasteiger partial charge in [-0.1, -0.05) is 89.4 Å². The number of hydrogen-bond donors (Lipinski definition) is 1. The number of halogens is 3. The lowest BCUT2D eigenvalue weighted by atomic mass is 10.0. The van der Waals surface area contributed by atoms with Crippen LogP contribution in [0.3, 0.4) is 0 Å². The van der Waals surface area contributed by atoms with E-state index in [4.69, 9.17) is 34.8 Å². The van der Waals surface area contributed by atoms with Gasteiger partial charge >= 0.3 is 0 Å². The maximum atomic E-state index is 14.0. The van der Waals surface area contributed by atoms with Crippen molar-refractivity contribution in [1.82, 2.24) is 10.2 Å². The SMILES string of the molecule is CCNC(=O)C(Cc1ccccc1)N(Cc1ccccc1C)C(=O)CN(c1cc(Cl)c(Cl)cc1Cl)S(C)(=O)=O. The Hall–Kier alpha value is -2.78. The highest BCUT2D eigenvalue weighted by Gasteiger charge is 2.33. The molecule has 3 aromatic rings. The van der Waals surface area contributed by atoms with Gasteiger partial charge < -0.3 is 10.2 Å². The molecule has 0 aliphatic carbocycles. The van der Waals surface area contributed by atoms with E-state index in [0.29, 0.717) is 6.54 Å². The maximum Gasteiger partial charge on any atom is 0.244 e. The van der Waals surface area contributed by atoms with Crippen LogP contribution in [0.5, 0.6) is 0 Å². The number of anilines is 1. The van der Waals surface area contributed by atoms with Gasteiger partial charge in [-0.3, -0.25) is 13.9 Å². The number of nitrogens with zero attached hydrogens (tertiary/aromatic N) is 2. The number of nitrogens with one attached hydrogen (secondary N) is 1. The normalized spacial score (nSPS) is 12.1. The molecule has 0 fully saturated rings. The Morgan fingerprint density at radius 2 is 1.54 bits per heavy atom. The van der Waals surface area contributed by atoms with Gasteiger partial charge in [-0.15, -0.1) is 0 Å². The molecule has 1 N–H and O–H groups in total. The van der Waals surface area contributed by atoms with E-state index in [1.807, 2.05) is 61.5 Å². The molecule has 1 atom stereocenters. The number of amides is 2. The molecular weight excluding hydrogens is 581 g/mol. The van der Waals surface area contributed by atoms with Crippen molar-refractivity contribution in [2.24, 2.45) is 0 Å². The van der Waals surface area contributed by atoms with Gasteiger partial charge in [-0.05, 0) is 42.7 Å². The Labute approximate surface area is 244 Å². The van der Waals surface area contributed by atoms with Gasteiger partial charge in [0, 0.05) is 19.5 Å². The first kappa shape index (κ1) is 30.8. The highest BCUT2D eigenvalue weighted by molar-refractivity contribution is 7.92. The van der Waals surface area contributed by atoms with E-state index in [0.717, 1.165) is 27.3 Å². The second kappa shape index (κ2) is 13.5. The van der Waals surface area contributed by atoms with Gasteiger partial charge in [0.25, 0.3) is 0 Å². The first-order chi connectivity index (χ1) is 18.4. The average Bonchev–Trinajstić information content (AvgIpc) is 2.88. The van der Waals surface area contributed by atoms with Crippen LogP contribution in [0.25, 0.3) is 0 Å². The lowest BCUT2D eigenvalue weighted by Gasteiger charge is -2.34. The Kier molecular flexibility index (Phi) is 10.7. The van der Waals surface area contributed by atoms with Crippen molar-refractivity contribution in [3.05, 3.63) is 98.5 Å². The molecule has 11 heteroatoms. The van der Waals surface area contributed by atoms with E-state index in [1.54, 1.807) is 6.92 Å². The predicted octanol–water partition coefficient (Wildman–Crippen LogP) is 5.50. The molecule has 0 aliphatic rings. The van der Waals surface area contributed by atoms with E-state index in [-0.39, 0.29) is 39.6 Å². The van der Waals surface area contributed by atoms with Gasteiger partial charge in [-0.2, -0.15) is 0 Å². The summed E-state index contributed by atoms with van der Waals surface area (Å²) in [6.07, 6.45) is 1.20. The number of sulfonamides is 1. The fourth-order valence-electron chi connectivity index (χ4n) is 4.11. The van der Waals surface area contributed by atoms with Crippen molar-refractivity contribution < 1.29 is 18.0 Å². The summed E-state index contributed by atoms with van der Waals surface area (Å²) in [5.74, 6) is -0.931. The molecule has 208 valence electrons. The summed E-state index contributed by atoms with van der Waals surface area (Å²) in [5.41, 5.74) is 2.61. The number of benzene rings is 3. The maximum absolute atomic E-state index is 14.0. The molecular formula is C28H30Cl3N3O4S. The first-order valence-corrected chi connectivity index (χ1v) is 15.2. The van der Waals surface area contributed by atoms with Crippen LogP contribution in [0.4, 0.5) is 5.69 Å². The van der Waals surface area contributed by atoms with Gasteiger partial charge in [0.2, 0.25) is 21.8 Å². The van der Waals surface area contributed by atoms with Crippen LogP contribution in [-0.2, 0) is 32.6 Å². The lowest BCUT2D eigenvalue weighted by Crippen LogP contribution is -2.53. The average molecular weight is 611 g/mol. The van der Waals surface area contributed by atoms with Crippen LogP contribution in [0.15, 0.2) is 66.7 Å². The minimum absolute atomic E-state index is 0.00961. The molecule has 3 aromatic carbocycles. The van der Waals surface area contributed by atoms with E-state index in [9.17, 15) is 18.0 Å². The summed E-state index contributed by atoms with van der Waals surface area (Å²) in [6, 6.07) is 18.6. The summed E-state index contributed by atoms with van der Waals surface area (Å²) < 4.78 is 26.7. The largest absolute Gasteiger partial charge is 0.355 e. The van der Waals surface area contributed by atoms with Crippen LogP contribution in [0.2, 0.25) is 15.1 Å². The lowest BCUT2D eigenvalue weighted by molar-refractivity contribution is -0.140. The van der Waals surface area contributed by atoms with E-state index >= 15 is 0 Å². The molecule has 0 spiro atoms. The fourth-order valence-corrected chi connectivity index (χ4v) is 5.66. The van der Waals surface area contributed by atoms with Crippen molar-refractivity contribution >= 4 is 62.3 Å². The third-order valence-corrected chi connectivity index (χ3v) is 8.31. The summed E-state index contributed by atoms with van der Waals surface area (Å²) in [4.78, 5) is 28.8. The highest BCUT2D eigenvalue weighted by atomic mass is 35.5. The molecule has 0 aliphatic heterocycles. The van der Waals surface area contributed by atoms with E-state index < -0.39 is 28.5 Å².